The van der Waals surface area contributed by atoms with Crippen LogP contribution in [-0.4, -0.2) is 67.3 Å². The molecule has 0 spiro atoms. The Morgan fingerprint density at radius 3 is 2.33 bits per heavy atom. The zero-order valence-corrected chi connectivity index (χ0v) is 9.14. The maximum absolute atomic E-state index is 11.6. The lowest BCUT2D eigenvalue weighted by Crippen LogP contribution is -2.47. The van der Waals surface area contributed by atoms with E-state index in [2.05, 4.69) is 0 Å². The maximum Gasteiger partial charge on any atom is 0.319 e. The topological polar surface area (TPSA) is 70.1 Å². The van der Waals surface area contributed by atoms with Crippen molar-refractivity contribution in [2.75, 3.05) is 34.4 Å². The highest BCUT2D eigenvalue weighted by Crippen LogP contribution is 2.19. The second kappa shape index (κ2) is 4.48. The molecule has 0 bridgehead atoms. The van der Waals surface area contributed by atoms with Gasteiger partial charge in [0.1, 0.15) is 5.92 Å². The number of urea groups is 1. The van der Waals surface area contributed by atoms with Crippen molar-refractivity contribution in [1.29, 1.82) is 0 Å². The van der Waals surface area contributed by atoms with E-state index in [1.165, 1.54) is 9.80 Å². The quantitative estimate of drug-likeness (QED) is 0.688. The smallest absolute Gasteiger partial charge is 0.319 e. The second-order valence-electron chi connectivity index (χ2n) is 3.84. The number of rotatable bonds is 2. The fourth-order valence-electron chi connectivity index (χ4n) is 1.62. The Morgan fingerprint density at radius 2 is 1.87 bits per heavy atom. The van der Waals surface area contributed by atoms with Gasteiger partial charge in [0.05, 0.1) is 19.3 Å². The molecule has 0 aliphatic carbocycles. The number of carbonyl (C=O) groups is 2. The van der Waals surface area contributed by atoms with E-state index in [1.807, 2.05) is 0 Å². The van der Waals surface area contributed by atoms with Gasteiger partial charge in [-0.15, -0.1) is 0 Å². The van der Waals surface area contributed by atoms with Crippen LogP contribution in [0.3, 0.4) is 0 Å². The van der Waals surface area contributed by atoms with Crippen molar-refractivity contribution in [3.63, 3.8) is 0 Å². The minimum atomic E-state index is -0.920. The van der Waals surface area contributed by atoms with E-state index in [0.717, 1.165) is 0 Å². The fraction of sp³-hybridized carbons (Fsp3) is 0.778. The van der Waals surface area contributed by atoms with Gasteiger partial charge in [0.25, 0.3) is 0 Å². The minimum Gasteiger partial charge on any atom is -0.481 e. The van der Waals surface area contributed by atoms with Gasteiger partial charge < -0.3 is 19.6 Å². The summed E-state index contributed by atoms with van der Waals surface area (Å²) in [5.74, 6) is -1.55. The number of likely N-dealkylation sites (N-methyl/N-ethyl adjacent to an activating group) is 1. The molecule has 0 aromatic rings. The molecule has 0 aromatic carbocycles. The third-order valence-corrected chi connectivity index (χ3v) is 2.55. The number of nitrogens with zero attached hydrogens (tertiary/aromatic N) is 2. The number of carboxylic acids is 1. The number of aliphatic carboxylic acids is 1. The predicted octanol–water partition coefficient (Wildman–Crippen LogP) is -0.301. The molecular formula is C9H16N2O4. The van der Waals surface area contributed by atoms with Crippen LogP contribution in [0.1, 0.15) is 0 Å². The van der Waals surface area contributed by atoms with E-state index >= 15 is 0 Å². The zero-order chi connectivity index (χ0) is 11.6. The largest absolute Gasteiger partial charge is 0.481 e. The molecular weight excluding hydrogens is 200 g/mol. The third-order valence-electron chi connectivity index (χ3n) is 2.55. The van der Waals surface area contributed by atoms with Crippen LogP contribution in [0.15, 0.2) is 0 Å². The van der Waals surface area contributed by atoms with Crippen molar-refractivity contribution in [1.82, 2.24) is 9.80 Å². The SMILES string of the molecule is CN(C)C(=O)N(C)C1COCC1C(=O)O. The zero-order valence-electron chi connectivity index (χ0n) is 9.14. The molecule has 0 radical (unpaired) electrons. The van der Waals surface area contributed by atoms with Crippen LogP contribution in [0, 0.1) is 5.92 Å². The number of hydrogen-bond acceptors (Lipinski definition) is 3. The molecule has 0 aromatic heterocycles. The Bertz CT molecular complexity index is 267. The van der Waals surface area contributed by atoms with Gasteiger partial charge in [-0.25, -0.2) is 4.79 Å². The van der Waals surface area contributed by atoms with Crippen LogP contribution in [0.5, 0.6) is 0 Å². The van der Waals surface area contributed by atoms with Gasteiger partial charge in [-0.2, -0.15) is 0 Å². The lowest BCUT2D eigenvalue weighted by Gasteiger charge is -2.28. The molecule has 2 atom stereocenters. The molecule has 6 heteroatoms. The van der Waals surface area contributed by atoms with Gasteiger partial charge in [0.15, 0.2) is 0 Å². The van der Waals surface area contributed by atoms with Gasteiger partial charge >= 0.3 is 12.0 Å². The van der Waals surface area contributed by atoms with Crippen LogP contribution in [0.2, 0.25) is 0 Å². The van der Waals surface area contributed by atoms with Crippen molar-refractivity contribution in [3.8, 4) is 0 Å². The number of hydrogen-bond donors (Lipinski definition) is 1. The number of amides is 2. The van der Waals surface area contributed by atoms with E-state index in [4.69, 9.17) is 9.84 Å². The van der Waals surface area contributed by atoms with Gasteiger partial charge in [-0.05, 0) is 0 Å². The first-order chi connectivity index (χ1) is 6.95. The van der Waals surface area contributed by atoms with Crippen LogP contribution >= 0.6 is 0 Å². The monoisotopic (exact) mass is 216 g/mol. The summed E-state index contributed by atoms with van der Waals surface area (Å²) in [6.45, 7) is 0.456. The van der Waals surface area contributed by atoms with Crippen molar-refractivity contribution in [2.24, 2.45) is 5.92 Å². The molecule has 6 nitrogen and oxygen atoms in total. The standard InChI is InChI=1S/C9H16N2O4/c1-10(2)9(14)11(3)7-5-15-4-6(7)8(12)13/h6-7H,4-5H2,1-3H3,(H,12,13). The first-order valence-corrected chi connectivity index (χ1v) is 4.69. The molecule has 1 fully saturated rings. The highest BCUT2D eigenvalue weighted by Gasteiger charge is 2.38. The Kier molecular flexibility index (Phi) is 3.52. The van der Waals surface area contributed by atoms with E-state index in [-0.39, 0.29) is 25.3 Å². The minimum absolute atomic E-state index is 0.172. The summed E-state index contributed by atoms with van der Waals surface area (Å²) in [7, 11) is 4.85. The van der Waals surface area contributed by atoms with Crippen molar-refractivity contribution < 1.29 is 19.4 Å². The molecule has 1 saturated heterocycles. The Morgan fingerprint density at radius 1 is 1.27 bits per heavy atom. The van der Waals surface area contributed by atoms with E-state index in [0.29, 0.717) is 0 Å². The Hall–Kier alpha value is -1.30. The van der Waals surface area contributed by atoms with Crippen LogP contribution in [0.25, 0.3) is 0 Å². The second-order valence-corrected chi connectivity index (χ2v) is 3.84. The molecule has 1 N–H and O–H groups in total. The lowest BCUT2D eigenvalue weighted by molar-refractivity contribution is -0.142. The average molecular weight is 216 g/mol. The molecule has 2 amide bonds. The molecule has 1 aliphatic rings. The molecule has 15 heavy (non-hydrogen) atoms. The van der Waals surface area contributed by atoms with Crippen molar-refractivity contribution in [2.45, 2.75) is 6.04 Å². The summed E-state index contributed by atoms with van der Waals surface area (Å²) in [6, 6.07) is -0.589. The van der Waals surface area contributed by atoms with Gasteiger partial charge in [-0.1, -0.05) is 0 Å². The van der Waals surface area contributed by atoms with Crippen molar-refractivity contribution in [3.05, 3.63) is 0 Å². The maximum atomic E-state index is 11.6. The molecule has 1 heterocycles. The summed E-state index contributed by atoms with van der Waals surface area (Å²) in [5, 5.41) is 8.92. The molecule has 1 aliphatic heterocycles. The number of ether oxygens (including phenoxy) is 1. The average Bonchev–Trinajstić information content (AvgIpc) is 2.63. The number of carbonyl (C=O) groups excluding carboxylic acids is 1. The summed E-state index contributed by atoms with van der Waals surface area (Å²) in [6.07, 6.45) is 0. The predicted molar refractivity (Wildman–Crippen MR) is 52.6 cm³/mol. The molecule has 1 rings (SSSR count). The van der Waals surface area contributed by atoms with Gasteiger partial charge in [-0.3, -0.25) is 4.79 Å². The molecule has 0 saturated carbocycles. The first kappa shape index (κ1) is 11.8. The van der Waals surface area contributed by atoms with E-state index in [1.54, 1.807) is 21.1 Å². The number of carboxylic acid groups (broad SMARTS) is 1. The Labute approximate surface area is 88.4 Å². The summed E-state index contributed by atoms with van der Waals surface area (Å²) >= 11 is 0. The highest BCUT2D eigenvalue weighted by atomic mass is 16.5. The Balaban J connectivity index is 2.70. The fourth-order valence-corrected chi connectivity index (χ4v) is 1.62. The van der Waals surface area contributed by atoms with Gasteiger partial charge in [0, 0.05) is 21.1 Å². The lowest BCUT2D eigenvalue weighted by atomic mass is 10.0. The molecule has 86 valence electrons. The normalized spacial score (nSPS) is 25.0. The summed E-state index contributed by atoms with van der Waals surface area (Å²) in [5.41, 5.74) is 0. The summed E-state index contributed by atoms with van der Waals surface area (Å²) < 4.78 is 5.09. The van der Waals surface area contributed by atoms with Crippen LogP contribution in [-0.2, 0) is 9.53 Å². The first-order valence-electron chi connectivity index (χ1n) is 4.69. The van der Waals surface area contributed by atoms with Crippen LogP contribution in [0.4, 0.5) is 4.79 Å². The van der Waals surface area contributed by atoms with E-state index in [9.17, 15) is 9.59 Å². The van der Waals surface area contributed by atoms with Crippen molar-refractivity contribution >= 4 is 12.0 Å². The van der Waals surface area contributed by atoms with Crippen LogP contribution < -0.4 is 0 Å². The van der Waals surface area contributed by atoms with E-state index < -0.39 is 11.9 Å². The third kappa shape index (κ3) is 2.38. The highest BCUT2D eigenvalue weighted by molar-refractivity contribution is 5.76. The van der Waals surface area contributed by atoms with Gasteiger partial charge in [0.2, 0.25) is 0 Å². The summed E-state index contributed by atoms with van der Waals surface area (Å²) in [4.78, 5) is 25.3. The molecule has 2 unspecified atom stereocenters.